The number of para-hydroxylation sites is 1. The van der Waals surface area contributed by atoms with Crippen LogP contribution in [0, 0.1) is 5.41 Å². The molecule has 2 nitrogen and oxygen atoms in total. The molecule has 116 valence electrons. The maximum atomic E-state index is 6.32. The smallest absolute Gasteiger partial charge is 0.111 e. The molecule has 2 aromatic rings. The molecule has 21 heavy (non-hydrogen) atoms. The fourth-order valence-corrected chi connectivity index (χ4v) is 3.80. The minimum atomic E-state index is -0.0426. The molecular weight excluding hydrogens is 303 g/mol. The lowest BCUT2D eigenvalue weighted by atomic mass is 9.81. The number of imidazole rings is 1. The van der Waals surface area contributed by atoms with E-state index in [1.54, 1.807) is 0 Å². The van der Waals surface area contributed by atoms with Crippen molar-refractivity contribution in [2.45, 2.75) is 53.0 Å². The van der Waals surface area contributed by atoms with Crippen molar-refractivity contribution < 1.29 is 0 Å². The summed E-state index contributed by atoms with van der Waals surface area (Å²) in [5.74, 6) is 1.58. The summed E-state index contributed by atoms with van der Waals surface area (Å²) in [5.41, 5.74) is 2.16. The number of fused-ring (bicyclic) bond motifs is 1. The molecular formula is C17H24Cl2N2. The maximum absolute atomic E-state index is 6.32. The van der Waals surface area contributed by atoms with Crippen molar-refractivity contribution in [3.8, 4) is 0 Å². The molecule has 4 heteroatoms. The van der Waals surface area contributed by atoms with Gasteiger partial charge in [0.1, 0.15) is 11.3 Å². The first-order valence-electron chi connectivity index (χ1n) is 7.38. The number of hydrogen-bond acceptors (Lipinski definition) is 1. The average molecular weight is 327 g/mol. The zero-order valence-corrected chi connectivity index (χ0v) is 15.0. The standard InChI is InChI=1S/C17H24Cl2N2/c1-16(2,3)11-17(4,5)21-13-8-6-7-12(19)15(13)20-14(21)9-10-18/h6-8H,9-11H2,1-5H3. The van der Waals surface area contributed by atoms with Gasteiger partial charge in [-0.1, -0.05) is 38.4 Å². The summed E-state index contributed by atoms with van der Waals surface area (Å²) >= 11 is 12.3. The molecule has 0 fully saturated rings. The third-order valence-electron chi connectivity index (χ3n) is 3.59. The van der Waals surface area contributed by atoms with Gasteiger partial charge in [0.2, 0.25) is 0 Å². The van der Waals surface area contributed by atoms with Crippen molar-refractivity contribution >= 4 is 34.2 Å². The van der Waals surface area contributed by atoms with Gasteiger partial charge in [-0.2, -0.15) is 0 Å². The third-order valence-corrected chi connectivity index (χ3v) is 4.09. The lowest BCUT2D eigenvalue weighted by molar-refractivity contribution is 0.215. The van der Waals surface area contributed by atoms with Crippen LogP contribution in [-0.2, 0) is 12.0 Å². The fourth-order valence-electron chi connectivity index (χ4n) is 3.42. The maximum Gasteiger partial charge on any atom is 0.111 e. The van der Waals surface area contributed by atoms with Crippen LogP contribution >= 0.6 is 23.2 Å². The van der Waals surface area contributed by atoms with Crippen molar-refractivity contribution in [3.05, 3.63) is 29.0 Å². The van der Waals surface area contributed by atoms with E-state index in [2.05, 4.69) is 45.3 Å². The molecule has 1 aromatic carbocycles. The van der Waals surface area contributed by atoms with E-state index in [0.717, 1.165) is 29.7 Å². The molecule has 0 unspecified atom stereocenters. The van der Waals surface area contributed by atoms with E-state index in [0.29, 0.717) is 10.9 Å². The monoisotopic (exact) mass is 326 g/mol. The Kier molecular flexibility index (Phi) is 4.60. The van der Waals surface area contributed by atoms with E-state index in [9.17, 15) is 0 Å². The van der Waals surface area contributed by atoms with E-state index in [1.165, 1.54) is 0 Å². The Morgan fingerprint density at radius 3 is 2.38 bits per heavy atom. The third kappa shape index (κ3) is 3.54. The largest absolute Gasteiger partial charge is 0.322 e. The summed E-state index contributed by atoms with van der Waals surface area (Å²) < 4.78 is 2.32. The highest BCUT2D eigenvalue weighted by Crippen LogP contribution is 2.37. The number of rotatable bonds is 4. The normalized spacial score (nSPS) is 13.1. The molecule has 0 aliphatic rings. The van der Waals surface area contributed by atoms with E-state index in [4.69, 9.17) is 28.2 Å². The number of aryl methyl sites for hydroxylation is 1. The van der Waals surface area contributed by atoms with Crippen LogP contribution in [0.4, 0.5) is 0 Å². The number of nitrogens with zero attached hydrogens (tertiary/aromatic N) is 2. The average Bonchev–Trinajstić information content (AvgIpc) is 2.66. The molecule has 2 rings (SSSR count). The fraction of sp³-hybridized carbons (Fsp3) is 0.588. The van der Waals surface area contributed by atoms with Crippen LogP contribution in [0.5, 0.6) is 0 Å². The van der Waals surface area contributed by atoms with Crippen LogP contribution < -0.4 is 0 Å². The molecule has 0 saturated heterocycles. The Bertz CT molecular complexity index is 636. The molecule has 0 spiro atoms. The summed E-state index contributed by atoms with van der Waals surface area (Å²) in [5, 5.41) is 0.702. The number of alkyl halides is 1. The van der Waals surface area contributed by atoms with Crippen molar-refractivity contribution in [2.75, 3.05) is 5.88 Å². The van der Waals surface area contributed by atoms with E-state index >= 15 is 0 Å². The topological polar surface area (TPSA) is 17.8 Å². The Labute approximate surface area is 137 Å². The number of aromatic nitrogens is 2. The highest BCUT2D eigenvalue weighted by Gasteiger charge is 2.30. The number of halogens is 2. The van der Waals surface area contributed by atoms with E-state index in [1.807, 2.05) is 12.1 Å². The molecule has 0 atom stereocenters. The molecule has 0 aliphatic heterocycles. The zero-order valence-electron chi connectivity index (χ0n) is 13.5. The molecule has 1 heterocycles. The molecule has 0 saturated carbocycles. The Balaban J connectivity index is 2.65. The van der Waals surface area contributed by atoms with Crippen molar-refractivity contribution in [2.24, 2.45) is 5.41 Å². The van der Waals surface area contributed by atoms with Crippen LogP contribution in [0.1, 0.15) is 46.9 Å². The molecule has 0 amide bonds. The molecule has 0 radical (unpaired) electrons. The Morgan fingerprint density at radius 1 is 1.14 bits per heavy atom. The van der Waals surface area contributed by atoms with Crippen molar-refractivity contribution in [3.63, 3.8) is 0 Å². The van der Waals surface area contributed by atoms with Crippen LogP contribution in [0.3, 0.4) is 0 Å². The lowest BCUT2D eigenvalue weighted by Gasteiger charge is -2.35. The van der Waals surface area contributed by atoms with Gasteiger partial charge in [-0.15, -0.1) is 11.6 Å². The summed E-state index contributed by atoms with van der Waals surface area (Å²) in [6, 6.07) is 5.97. The Hall–Kier alpha value is -0.730. The van der Waals surface area contributed by atoms with Crippen LogP contribution in [-0.4, -0.2) is 15.4 Å². The van der Waals surface area contributed by atoms with Gasteiger partial charge in [0.15, 0.2) is 0 Å². The first-order valence-corrected chi connectivity index (χ1v) is 8.29. The van der Waals surface area contributed by atoms with Gasteiger partial charge >= 0.3 is 0 Å². The molecule has 1 aromatic heterocycles. The van der Waals surface area contributed by atoms with E-state index in [-0.39, 0.29) is 11.0 Å². The minimum Gasteiger partial charge on any atom is -0.322 e. The second-order valence-corrected chi connectivity index (χ2v) is 8.25. The summed E-state index contributed by atoms with van der Waals surface area (Å²) in [4.78, 5) is 4.74. The van der Waals surface area contributed by atoms with Crippen LogP contribution in [0.25, 0.3) is 11.0 Å². The number of benzene rings is 1. The first kappa shape index (κ1) is 16.6. The zero-order chi connectivity index (χ0) is 15.8. The predicted molar refractivity (Wildman–Crippen MR) is 92.6 cm³/mol. The van der Waals surface area contributed by atoms with Gasteiger partial charge in [0.05, 0.1) is 10.5 Å². The van der Waals surface area contributed by atoms with Crippen molar-refractivity contribution in [1.29, 1.82) is 0 Å². The molecule has 0 aliphatic carbocycles. The quantitative estimate of drug-likeness (QED) is 0.664. The Morgan fingerprint density at radius 2 is 1.81 bits per heavy atom. The van der Waals surface area contributed by atoms with Gasteiger partial charge < -0.3 is 4.57 Å². The second kappa shape index (κ2) is 5.81. The van der Waals surface area contributed by atoms with Crippen LogP contribution in [0.15, 0.2) is 18.2 Å². The molecule has 0 bridgehead atoms. The van der Waals surface area contributed by atoms with Gasteiger partial charge in [0.25, 0.3) is 0 Å². The number of hydrogen-bond donors (Lipinski definition) is 0. The SMILES string of the molecule is CC(C)(C)CC(C)(C)n1c(CCCl)nc2c(Cl)cccc21. The summed E-state index contributed by atoms with van der Waals surface area (Å²) in [6.45, 7) is 11.3. The minimum absolute atomic E-state index is 0.0426. The van der Waals surface area contributed by atoms with Crippen molar-refractivity contribution in [1.82, 2.24) is 9.55 Å². The van der Waals surface area contributed by atoms with Gasteiger partial charge in [-0.05, 0) is 37.8 Å². The second-order valence-electron chi connectivity index (χ2n) is 7.46. The highest BCUT2D eigenvalue weighted by atomic mass is 35.5. The van der Waals surface area contributed by atoms with E-state index < -0.39 is 0 Å². The van der Waals surface area contributed by atoms with Gasteiger partial charge in [-0.3, -0.25) is 0 Å². The highest BCUT2D eigenvalue weighted by molar-refractivity contribution is 6.34. The van der Waals surface area contributed by atoms with Crippen LogP contribution in [0.2, 0.25) is 5.02 Å². The summed E-state index contributed by atoms with van der Waals surface area (Å²) in [7, 11) is 0. The first-order chi connectivity index (χ1) is 9.65. The molecule has 0 N–H and O–H groups in total. The van der Waals surface area contributed by atoms with Gasteiger partial charge in [0, 0.05) is 17.8 Å². The predicted octanol–water partition coefficient (Wildman–Crippen LogP) is 5.64. The van der Waals surface area contributed by atoms with Gasteiger partial charge in [-0.25, -0.2) is 4.98 Å². The summed E-state index contributed by atoms with van der Waals surface area (Å²) in [6.07, 6.45) is 1.80. The lowest BCUT2D eigenvalue weighted by Crippen LogP contribution is -2.32.